The van der Waals surface area contributed by atoms with Gasteiger partial charge in [-0.1, -0.05) is 70.6 Å². The molecule has 0 aliphatic heterocycles. The van der Waals surface area contributed by atoms with E-state index >= 15 is 0 Å². The van der Waals surface area contributed by atoms with Crippen molar-refractivity contribution in [2.24, 2.45) is 0 Å². The van der Waals surface area contributed by atoms with E-state index in [2.05, 4.69) is 24.5 Å². The summed E-state index contributed by atoms with van der Waals surface area (Å²) in [5.41, 5.74) is 2.21. The Bertz CT molecular complexity index is 863. The zero-order valence-corrected chi connectivity index (χ0v) is 24.5. The second-order valence-corrected chi connectivity index (χ2v) is 11.1. The van der Waals surface area contributed by atoms with Gasteiger partial charge in [-0.15, -0.1) is 0 Å². The Kier molecular flexibility index (Phi) is 14.3. The molecule has 2 N–H and O–H groups in total. The third kappa shape index (κ3) is 12.0. The predicted molar refractivity (Wildman–Crippen MR) is 150 cm³/mol. The molecule has 2 unspecified atom stereocenters. The summed E-state index contributed by atoms with van der Waals surface area (Å²) in [4.78, 5) is 41.2. The molecule has 0 fully saturated rings. The van der Waals surface area contributed by atoms with Gasteiger partial charge in [-0.05, 0) is 71.1 Å². The summed E-state index contributed by atoms with van der Waals surface area (Å²) >= 11 is 0. The van der Waals surface area contributed by atoms with Crippen LogP contribution in [0.3, 0.4) is 0 Å². The first-order valence-corrected chi connectivity index (χ1v) is 14.0. The summed E-state index contributed by atoms with van der Waals surface area (Å²) in [7, 11) is 0. The maximum Gasteiger partial charge on any atom is 0.408 e. The van der Waals surface area contributed by atoms with Crippen molar-refractivity contribution in [1.29, 1.82) is 0 Å². The van der Waals surface area contributed by atoms with E-state index in [9.17, 15) is 14.4 Å². The minimum Gasteiger partial charge on any atom is -0.444 e. The summed E-state index contributed by atoms with van der Waals surface area (Å²) < 4.78 is 5.31. The Morgan fingerprint density at radius 2 is 1.62 bits per heavy atom. The average molecular weight is 518 g/mol. The van der Waals surface area contributed by atoms with Gasteiger partial charge in [-0.2, -0.15) is 0 Å². The molecule has 1 aromatic carbocycles. The molecule has 0 saturated heterocycles. The molecule has 0 aliphatic rings. The number of ether oxygens (including phenoxy) is 1. The highest BCUT2D eigenvalue weighted by Crippen LogP contribution is 2.27. The van der Waals surface area contributed by atoms with Gasteiger partial charge in [0.1, 0.15) is 18.2 Å². The first-order chi connectivity index (χ1) is 17.4. The van der Waals surface area contributed by atoms with Crippen molar-refractivity contribution < 1.29 is 19.1 Å². The monoisotopic (exact) mass is 517 g/mol. The molecular formula is C30H51N3O4. The van der Waals surface area contributed by atoms with Gasteiger partial charge in [0.15, 0.2) is 0 Å². The molecule has 0 aromatic heterocycles. The quantitative estimate of drug-likeness (QED) is 0.265. The van der Waals surface area contributed by atoms with Crippen molar-refractivity contribution in [3.05, 3.63) is 34.9 Å². The maximum absolute atomic E-state index is 13.7. The van der Waals surface area contributed by atoms with Gasteiger partial charge < -0.3 is 20.3 Å². The number of hydrogen-bond acceptors (Lipinski definition) is 4. The molecule has 0 aliphatic carbocycles. The van der Waals surface area contributed by atoms with Crippen molar-refractivity contribution in [3.8, 4) is 0 Å². The normalized spacial score (nSPS) is 13.0. The van der Waals surface area contributed by atoms with Crippen LogP contribution in [-0.2, 0) is 14.3 Å². The van der Waals surface area contributed by atoms with Gasteiger partial charge in [-0.3, -0.25) is 9.59 Å². The average Bonchev–Trinajstić information content (AvgIpc) is 2.80. The minimum atomic E-state index is -0.775. The predicted octanol–water partition coefficient (Wildman–Crippen LogP) is 6.36. The first kappa shape index (κ1) is 32.5. The Hall–Kier alpha value is -2.57. The van der Waals surface area contributed by atoms with Crippen LogP contribution in [0.25, 0.3) is 0 Å². The lowest BCUT2D eigenvalue weighted by molar-refractivity contribution is -0.140. The van der Waals surface area contributed by atoms with Crippen LogP contribution in [0.1, 0.15) is 116 Å². The van der Waals surface area contributed by atoms with Crippen LogP contribution in [0.15, 0.2) is 18.2 Å². The molecule has 0 spiro atoms. The second-order valence-electron chi connectivity index (χ2n) is 11.1. The van der Waals surface area contributed by atoms with Gasteiger partial charge in [0.05, 0.1) is 0 Å². The lowest BCUT2D eigenvalue weighted by atomic mass is 9.95. The summed E-state index contributed by atoms with van der Waals surface area (Å²) in [5.74, 6) is -0.491. The third-order valence-electron chi connectivity index (χ3n) is 6.47. The molecule has 0 saturated carbocycles. The number of alkyl carbamates (subject to hydrolysis) is 1. The number of rotatable bonds is 15. The number of aryl methyl sites for hydroxylation is 1. The Morgan fingerprint density at radius 1 is 0.973 bits per heavy atom. The van der Waals surface area contributed by atoms with Crippen LogP contribution in [-0.4, -0.2) is 47.5 Å². The largest absolute Gasteiger partial charge is 0.444 e. The molecule has 1 rings (SSSR count). The third-order valence-corrected chi connectivity index (χ3v) is 6.47. The van der Waals surface area contributed by atoms with E-state index in [0.29, 0.717) is 6.54 Å². The van der Waals surface area contributed by atoms with Crippen LogP contribution in [0.4, 0.5) is 4.79 Å². The molecule has 3 amide bonds. The first-order valence-electron chi connectivity index (χ1n) is 14.0. The number of nitrogens with one attached hydrogen (secondary N) is 2. The van der Waals surface area contributed by atoms with Crippen molar-refractivity contribution in [1.82, 2.24) is 15.5 Å². The molecule has 7 heteroatoms. The standard InChI is InChI=1S/C30H51N3O4/c1-9-11-12-13-14-15-20-33(26(34)21-31-29(36)37-30(6,7)8)27(28(35)32-23(4)17-10-2)25-19-16-18-22(3)24(25)5/h16,18-19,23,27H,9-15,17,20-21H2,1-8H3,(H,31,36)(H,32,35). The van der Waals surface area contributed by atoms with E-state index in [1.54, 1.807) is 25.7 Å². The molecule has 37 heavy (non-hydrogen) atoms. The summed E-state index contributed by atoms with van der Waals surface area (Å²) in [6, 6.07) is 5.09. The Balaban J connectivity index is 3.26. The van der Waals surface area contributed by atoms with E-state index in [1.807, 2.05) is 39.0 Å². The topological polar surface area (TPSA) is 87.7 Å². The van der Waals surface area contributed by atoms with E-state index in [0.717, 1.165) is 48.8 Å². The fraction of sp³-hybridized carbons (Fsp3) is 0.700. The lowest BCUT2D eigenvalue weighted by Crippen LogP contribution is -2.49. The molecule has 2 atom stereocenters. The van der Waals surface area contributed by atoms with E-state index in [4.69, 9.17) is 4.74 Å². The molecular weight excluding hydrogens is 466 g/mol. The van der Waals surface area contributed by atoms with Crippen LogP contribution in [0.5, 0.6) is 0 Å². The van der Waals surface area contributed by atoms with Gasteiger partial charge in [-0.25, -0.2) is 4.79 Å². The highest BCUT2D eigenvalue weighted by Gasteiger charge is 2.33. The van der Waals surface area contributed by atoms with Crippen molar-refractivity contribution >= 4 is 17.9 Å². The van der Waals surface area contributed by atoms with Crippen LogP contribution < -0.4 is 10.6 Å². The minimum absolute atomic E-state index is 0.00370. The van der Waals surface area contributed by atoms with Crippen molar-refractivity contribution in [2.45, 2.75) is 124 Å². The van der Waals surface area contributed by atoms with Crippen LogP contribution in [0, 0.1) is 13.8 Å². The number of hydrogen-bond donors (Lipinski definition) is 2. The number of unbranched alkanes of at least 4 members (excludes halogenated alkanes) is 5. The molecule has 0 bridgehead atoms. The fourth-order valence-electron chi connectivity index (χ4n) is 4.37. The molecule has 210 valence electrons. The van der Waals surface area contributed by atoms with Gasteiger partial charge in [0.2, 0.25) is 11.8 Å². The number of amides is 3. The van der Waals surface area contributed by atoms with E-state index in [-0.39, 0.29) is 24.4 Å². The van der Waals surface area contributed by atoms with Crippen LogP contribution in [0.2, 0.25) is 0 Å². The number of carbonyl (C=O) groups is 3. The number of nitrogens with zero attached hydrogens (tertiary/aromatic N) is 1. The highest BCUT2D eigenvalue weighted by molar-refractivity contribution is 5.90. The van der Waals surface area contributed by atoms with Crippen molar-refractivity contribution in [2.75, 3.05) is 13.1 Å². The Labute approximate surface area is 225 Å². The number of benzene rings is 1. The van der Waals surface area contributed by atoms with Gasteiger partial charge in [0.25, 0.3) is 0 Å². The SMILES string of the molecule is CCCCCCCCN(C(=O)CNC(=O)OC(C)(C)C)C(C(=O)NC(C)CCC)c1cccc(C)c1C. The van der Waals surface area contributed by atoms with Gasteiger partial charge in [0, 0.05) is 12.6 Å². The van der Waals surface area contributed by atoms with E-state index < -0.39 is 17.7 Å². The zero-order chi connectivity index (χ0) is 28.0. The van der Waals surface area contributed by atoms with Gasteiger partial charge >= 0.3 is 6.09 Å². The Morgan fingerprint density at radius 3 is 2.24 bits per heavy atom. The molecule has 0 radical (unpaired) electrons. The maximum atomic E-state index is 13.7. The second kappa shape index (κ2) is 16.3. The smallest absolute Gasteiger partial charge is 0.408 e. The summed E-state index contributed by atoms with van der Waals surface area (Å²) in [5, 5.41) is 5.72. The number of carbonyl (C=O) groups excluding carboxylic acids is 3. The lowest BCUT2D eigenvalue weighted by Gasteiger charge is -2.33. The van der Waals surface area contributed by atoms with E-state index in [1.165, 1.54) is 19.3 Å². The van der Waals surface area contributed by atoms with Crippen LogP contribution >= 0.6 is 0 Å². The summed E-state index contributed by atoms with van der Waals surface area (Å²) in [6.45, 7) is 15.8. The van der Waals surface area contributed by atoms with Crippen molar-refractivity contribution in [3.63, 3.8) is 0 Å². The molecule has 0 heterocycles. The molecule has 7 nitrogen and oxygen atoms in total. The fourth-order valence-corrected chi connectivity index (χ4v) is 4.37. The highest BCUT2D eigenvalue weighted by atomic mass is 16.6. The molecule has 1 aromatic rings. The zero-order valence-electron chi connectivity index (χ0n) is 24.5. The summed E-state index contributed by atoms with van der Waals surface area (Å²) in [6.07, 6.45) is 7.58.